The van der Waals surface area contributed by atoms with E-state index in [4.69, 9.17) is 16.3 Å². The van der Waals surface area contributed by atoms with E-state index in [1.54, 1.807) is 11.5 Å². The van der Waals surface area contributed by atoms with Crippen LogP contribution in [0.1, 0.15) is 51.8 Å². The number of carbonyl (C=O) groups excluding carboxylic acids is 2. The molecule has 0 spiro atoms. The fourth-order valence-corrected chi connectivity index (χ4v) is 4.31. The largest absolute Gasteiger partial charge is 0.465 e. The molecule has 0 bridgehead atoms. The summed E-state index contributed by atoms with van der Waals surface area (Å²) in [6.45, 7) is 4.44. The highest BCUT2D eigenvalue weighted by Gasteiger charge is 2.21. The van der Waals surface area contributed by atoms with Crippen molar-refractivity contribution in [1.29, 1.82) is 0 Å². The predicted octanol–water partition coefficient (Wildman–Crippen LogP) is 4.65. The second kappa shape index (κ2) is 9.40. The predicted molar refractivity (Wildman–Crippen MR) is 119 cm³/mol. The molecule has 1 N–H and O–H groups in total. The van der Waals surface area contributed by atoms with Crippen molar-refractivity contribution in [1.82, 2.24) is 9.55 Å². The summed E-state index contributed by atoms with van der Waals surface area (Å²) in [5.74, 6) is -0.954. The number of aromatic nitrogens is 2. The molecular formula is C21H22ClN3O4S. The number of carbonyl (C=O) groups is 2. The number of aryl methyl sites for hydroxylation is 2. The van der Waals surface area contributed by atoms with Gasteiger partial charge in [0.2, 0.25) is 0 Å². The molecule has 3 rings (SSSR count). The van der Waals surface area contributed by atoms with E-state index in [1.807, 2.05) is 0 Å². The molecule has 0 radical (unpaired) electrons. The van der Waals surface area contributed by atoms with Crippen molar-refractivity contribution in [3.63, 3.8) is 0 Å². The lowest BCUT2D eigenvalue weighted by Gasteiger charge is -2.08. The van der Waals surface area contributed by atoms with Gasteiger partial charge in [0.05, 0.1) is 40.0 Å². The first-order valence-corrected chi connectivity index (χ1v) is 10.7. The Labute approximate surface area is 182 Å². The highest BCUT2D eigenvalue weighted by Crippen LogP contribution is 2.29. The maximum absolute atomic E-state index is 12.9. The quantitative estimate of drug-likeness (QED) is 0.420. The number of ether oxygens (including phenoxy) is 1. The number of fused-ring (bicyclic) bond motifs is 1. The molecule has 158 valence electrons. The molecule has 2 aromatic heterocycles. The van der Waals surface area contributed by atoms with Crippen LogP contribution >= 0.6 is 22.9 Å². The Morgan fingerprint density at radius 3 is 2.77 bits per heavy atom. The number of nitrogens with one attached hydrogen (secondary N) is 1. The van der Waals surface area contributed by atoms with Crippen LogP contribution in [-0.2, 0) is 11.3 Å². The zero-order valence-electron chi connectivity index (χ0n) is 17.0. The highest BCUT2D eigenvalue weighted by atomic mass is 35.5. The van der Waals surface area contributed by atoms with Crippen molar-refractivity contribution in [3.8, 4) is 0 Å². The van der Waals surface area contributed by atoms with Gasteiger partial charge >= 0.3 is 5.97 Å². The van der Waals surface area contributed by atoms with Crippen LogP contribution in [0.4, 0.5) is 5.69 Å². The second-order valence-corrected chi connectivity index (χ2v) is 8.23. The molecule has 3 aromatic rings. The number of unbranched alkanes of at least 4 members (excludes halogenated alkanes) is 2. The molecule has 2 heterocycles. The zero-order chi connectivity index (χ0) is 21.8. The number of rotatable bonds is 7. The summed E-state index contributed by atoms with van der Waals surface area (Å²) < 4.78 is 6.29. The van der Waals surface area contributed by atoms with Gasteiger partial charge in [0.25, 0.3) is 11.5 Å². The lowest BCUT2D eigenvalue weighted by Crippen LogP contribution is -2.20. The van der Waals surface area contributed by atoms with Gasteiger partial charge in [-0.05, 0) is 37.1 Å². The molecule has 7 nitrogen and oxygen atoms in total. The van der Waals surface area contributed by atoms with Crippen LogP contribution < -0.4 is 10.9 Å². The van der Waals surface area contributed by atoms with Gasteiger partial charge in [0.1, 0.15) is 4.83 Å². The molecule has 0 aliphatic heterocycles. The number of thiophene rings is 1. The Bertz CT molecular complexity index is 1170. The maximum atomic E-state index is 12.9. The first kappa shape index (κ1) is 22.0. The van der Waals surface area contributed by atoms with Gasteiger partial charge in [-0.25, -0.2) is 9.78 Å². The summed E-state index contributed by atoms with van der Waals surface area (Å²) in [5.41, 5.74) is 0.984. The third-order valence-electron chi connectivity index (χ3n) is 4.76. The van der Waals surface area contributed by atoms with E-state index in [2.05, 4.69) is 17.2 Å². The maximum Gasteiger partial charge on any atom is 0.337 e. The van der Waals surface area contributed by atoms with E-state index in [-0.39, 0.29) is 21.8 Å². The number of hydrogen-bond acceptors (Lipinski definition) is 6. The smallest absolute Gasteiger partial charge is 0.337 e. The molecule has 0 aliphatic rings. The summed E-state index contributed by atoms with van der Waals surface area (Å²) in [5, 5.41) is 3.46. The van der Waals surface area contributed by atoms with E-state index in [1.165, 1.54) is 31.6 Å². The van der Waals surface area contributed by atoms with Crippen molar-refractivity contribution < 1.29 is 14.3 Å². The Kier molecular flexibility index (Phi) is 6.89. The molecule has 0 atom stereocenters. The molecule has 0 saturated heterocycles. The third kappa shape index (κ3) is 4.39. The van der Waals surface area contributed by atoms with E-state index >= 15 is 0 Å². The minimum atomic E-state index is -0.534. The fourth-order valence-electron chi connectivity index (χ4n) is 3.11. The van der Waals surface area contributed by atoms with E-state index in [0.29, 0.717) is 27.2 Å². The average Bonchev–Trinajstić information content (AvgIpc) is 3.08. The van der Waals surface area contributed by atoms with Crippen LogP contribution in [0.25, 0.3) is 10.2 Å². The summed E-state index contributed by atoms with van der Waals surface area (Å²) in [6.07, 6.45) is 4.53. The van der Waals surface area contributed by atoms with E-state index in [9.17, 15) is 14.4 Å². The number of hydrogen-bond donors (Lipinski definition) is 1. The van der Waals surface area contributed by atoms with Gasteiger partial charge < -0.3 is 10.1 Å². The number of esters is 1. The monoisotopic (exact) mass is 447 g/mol. The number of anilines is 1. The van der Waals surface area contributed by atoms with Gasteiger partial charge in [-0.2, -0.15) is 0 Å². The first-order chi connectivity index (χ1) is 14.4. The van der Waals surface area contributed by atoms with Crippen LogP contribution in [0.5, 0.6) is 0 Å². The number of amides is 1. The normalized spacial score (nSPS) is 10.9. The lowest BCUT2D eigenvalue weighted by molar-refractivity contribution is 0.0600. The topological polar surface area (TPSA) is 90.3 Å². The van der Waals surface area contributed by atoms with Crippen LogP contribution in [0, 0.1) is 6.92 Å². The van der Waals surface area contributed by atoms with E-state index in [0.717, 1.165) is 30.6 Å². The molecule has 1 aromatic carbocycles. The fraction of sp³-hybridized carbons (Fsp3) is 0.333. The number of methoxy groups -OCH3 is 1. The molecule has 1 amide bonds. The molecule has 0 saturated carbocycles. The summed E-state index contributed by atoms with van der Waals surface area (Å²) in [6, 6.07) is 4.48. The summed E-state index contributed by atoms with van der Waals surface area (Å²) in [4.78, 5) is 42.8. The minimum absolute atomic E-state index is 0.144. The number of benzene rings is 1. The van der Waals surface area contributed by atoms with Gasteiger partial charge in [-0.1, -0.05) is 31.4 Å². The van der Waals surface area contributed by atoms with Crippen molar-refractivity contribution in [2.24, 2.45) is 0 Å². The Balaban J connectivity index is 1.93. The van der Waals surface area contributed by atoms with Crippen LogP contribution in [0.15, 0.2) is 29.3 Å². The van der Waals surface area contributed by atoms with Gasteiger partial charge in [0, 0.05) is 6.54 Å². The SMILES string of the molecule is CCCCCn1cnc2sc(C(=O)Nc3cc(C(=O)OC)ccc3Cl)c(C)c2c1=O. The van der Waals surface area contributed by atoms with Crippen molar-refractivity contribution in [2.45, 2.75) is 39.7 Å². The molecular weight excluding hydrogens is 426 g/mol. The van der Waals surface area contributed by atoms with Crippen LogP contribution in [-0.4, -0.2) is 28.5 Å². The standard InChI is InChI=1S/C21H22ClN3O4S/c1-4-5-6-9-25-11-23-19-16(20(25)27)12(2)17(30-19)18(26)24-15-10-13(21(28)29-3)7-8-14(15)22/h7-8,10-11H,4-6,9H2,1-3H3,(H,24,26). The zero-order valence-corrected chi connectivity index (χ0v) is 18.5. The van der Waals surface area contributed by atoms with Crippen molar-refractivity contribution in [2.75, 3.05) is 12.4 Å². The Morgan fingerprint density at radius 2 is 2.07 bits per heavy atom. The third-order valence-corrected chi connectivity index (χ3v) is 6.29. The molecule has 30 heavy (non-hydrogen) atoms. The average molecular weight is 448 g/mol. The Hall–Kier alpha value is -2.71. The molecule has 0 fully saturated rings. The molecule has 0 aliphatic carbocycles. The highest BCUT2D eigenvalue weighted by molar-refractivity contribution is 7.20. The van der Waals surface area contributed by atoms with Gasteiger partial charge in [-0.15, -0.1) is 11.3 Å². The van der Waals surface area contributed by atoms with Crippen molar-refractivity contribution in [3.05, 3.63) is 55.9 Å². The lowest BCUT2D eigenvalue weighted by atomic mass is 10.2. The minimum Gasteiger partial charge on any atom is -0.465 e. The van der Waals surface area contributed by atoms with Crippen LogP contribution in [0.2, 0.25) is 5.02 Å². The summed E-state index contributed by atoms with van der Waals surface area (Å²) >= 11 is 7.32. The molecule has 0 unspecified atom stereocenters. The van der Waals surface area contributed by atoms with Crippen LogP contribution in [0.3, 0.4) is 0 Å². The van der Waals surface area contributed by atoms with Crippen molar-refractivity contribution >= 4 is 50.7 Å². The van der Waals surface area contributed by atoms with E-state index < -0.39 is 11.9 Å². The summed E-state index contributed by atoms with van der Waals surface area (Å²) in [7, 11) is 1.28. The number of nitrogens with zero attached hydrogens (tertiary/aromatic N) is 2. The Morgan fingerprint density at radius 1 is 1.30 bits per heavy atom. The second-order valence-electron chi connectivity index (χ2n) is 6.83. The van der Waals surface area contributed by atoms with Gasteiger partial charge in [-0.3, -0.25) is 14.2 Å². The first-order valence-electron chi connectivity index (χ1n) is 9.55. The number of halogens is 1. The molecule has 9 heteroatoms. The van der Waals surface area contributed by atoms with Gasteiger partial charge in [0.15, 0.2) is 0 Å².